The van der Waals surface area contributed by atoms with Gasteiger partial charge in [-0.05, 0) is 30.5 Å². The van der Waals surface area contributed by atoms with Crippen molar-refractivity contribution in [2.75, 3.05) is 0 Å². The molecule has 8 heteroatoms. The molecule has 116 valence electrons. The molecule has 0 aliphatic carbocycles. The largest absolute Gasteiger partial charge is 0.480 e. The van der Waals surface area contributed by atoms with Crippen LogP contribution in [0.15, 0.2) is 29.2 Å². The second-order valence-corrected chi connectivity index (χ2v) is 6.75. The fourth-order valence-electron chi connectivity index (χ4n) is 1.74. The first-order valence-corrected chi connectivity index (χ1v) is 7.77. The van der Waals surface area contributed by atoms with E-state index >= 15 is 0 Å². The van der Waals surface area contributed by atoms with Gasteiger partial charge in [-0.1, -0.05) is 19.9 Å². The van der Waals surface area contributed by atoms with E-state index in [4.69, 9.17) is 10.8 Å². The number of rotatable bonds is 7. The van der Waals surface area contributed by atoms with Crippen molar-refractivity contribution >= 4 is 21.9 Å². The van der Waals surface area contributed by atoms with Gasteiger partial charge in [-0.2, -0.15) is 4.72 Å². The fourth-order valence-corrected chi connectivity index (χ4v) is 2.99. The number of carboxylic acid groups (broad SMARTS) is 1. The molecule has 1 aromatic rings. The third-order valence-corrected chi connectivity index (χ3v) is 4.20. The van der Waals surface area contributed by atoms with Gasteiger partial charge in [0.05, 0.1) is 4.90 Å². The Morgan fingerprint density at radius 1 is 1.33 bits per heavy atom. The van der Waals surface area contributed by atoms with Gasteiger partial charge in [0.1, 0.15) is 6.04 Å². The molecular formula is C13H18N2O5S. The molecule has 7 nitrogen and oxygen atoms in total. The van der Waals surface area contributed by atoms with E-state index < -0.39 is 27.9 Å². The zero-order valence-corrected chi connectivity index (χ0v) is 12.6. The van der Waals surface area contributed by atoms with Gasteiger partial charge >= 0.3 is 5.97 Å². The van der Waals surface area contributed by atoms with Crippen LogP contribution in [0.25, 0.3) is 0 Å². The Hall–Kier alpha value is -1.93. The van der Waals surface area contributed by atoms with E-state index in [9.17, 15) is 18.0 Å². The van der Waals surface area contributed by atoms with E-state index in [0.717, 1.165) is 6.07 Å². The monoisotopic (exact) mass is 314 g/mol. The highest BCUT2D eigenvalue weighted by Gasteiger charge is 2.26. The fraction of sp³-hybridized carbons (Fsp3) is 0.385. The molecule has 0 aliphatic rings. The van der Waals surface area contributed by atoms with Crippen molar-refractivity contribution < 1.29 is 23.1 Å². The Labute approximate surface area is 123 Å². The molecule has 4 N–H and O–H groups in total. The van der Waals surface area contributed by atoms with Crippen LogP contribution < -0.4 is 10.5 Å². The normalized spacial score (nSPS) is 13.1. The molecule has 0 bridgehead atoms. The van der Waals surface area contributed by atoms with Crippen molar-refractivity contribution in [2.45, 2.75) is 31.2 Å². The summed E-state index contributed by atoms with van der Waals surface area (Å²) in [6.07, 6.45) is 0.157. The van der Waals surface area contributed by atoms with Crippen LogP contribution in [0, 0.1) is 5.92 Å². The van der Waals surface area contributed by atoms with Crippen molar-refractivity contribution in [3.05, 3.63) is 29.8 Å². The van der Waals surface area contributed by atoms with E-state index in [1.165, 1.54) is 18.2 Å². The highest BCUT2D eigenvalue weighted by Crippen LogP contribution is 2.14. The number of aliphatic carboxylic acids is 1. The first-order chi connectivity index (χ1) is 9.63. The number of hydrogen-bond donors (Lipinski definition) is 3. The molecule has 1 aromatic carbocycles. The Bertz CT molecular complexity index is 640. The van der Waals surface area contributed by atoms with Gasteiger partial charge in [-0.25, -0.2) is 8.42 Å². The zero-order chi connectivity index (χ0) is 16.2. The quantitative estimate of drug-likeness (QED) is 0.678. The smallest absolute Gasteiger partial charge is 0.321 e. The lowest BCUT2D eigenvalue weighted by Gasteiger charge is -2.16. The van der Waals surface area contributed by atoms with Gasteiger partial charge in [0.25, 0.3) is 0 Å². The first kappa shape index (κ1) is 17.1. The molecule has 0 unspecified atom stereocenters. The lowest BCUT2D eigenvalue weighted by Crippen LogP contribution is -2.41. The summed E-state index contributed by atoms with van der Waals surface area (Å²) in [6, 6.07) is 3.89. The van der Waals surface area contributed by atoms with Gasteiger partial charge in [0.15, 0.2) is 0 Å². The van der Waals surface area contributed by atoms with Crippen LogP contribution in [-0.4, -0.2) is 31.4 Å². The lowest BCUT2D eigenvalue weighted by atomic mass is 10.1. The summed E-state index contributed by atoms with van der Waals surface area (Å²) in [6.45, 7) is 3.58. The van der Waals surface area contributed by atoms with E-state index in [-0.39, 0.29) is 22.8 Å². The number of primary amides is 1. The van der Waals surface area contributed by atoms with Gasteiger partial charge in [0, 0.05) is 5.56 Å². The molecule has 0 saturated carbocycles. The van der Waals surface area contributed by atoms with Crippen molar-refractivity contribution in [2.24, 2.45) is 11.7 Å². The average molecular weight is 314 g/mol. The number of nitrogens with two attached hydrogens (primary N) is 1. The standard InChI is InChI=1S/C13H18N2O5S/c1-8(2)6-11(13(17)18)15-21(19,20)10-5-3-4-9(7-10)12(14)16/h3-5,7-8,11,15H,6H2,1-2H3,(H2,14,16)(H,17,18)/t11-/m1/s1. The van der Waals surface area contributed by atoms with Crippen molar-refractivity contribution in [3.63, 3.8) is 0 Å². The third-order valence-electron chi connectivity index (χ3n) is 2.73. The summed E-state index contributed by atoms with van der Waals surface area (Å²) in [7, 11) is -4.04. The topological polar surface area (TPSA) is 127 Å². The van der Waals surface area contributed by atoms with E-state index in [2.05, 4.69) is 4.72 Å². The highest BCUT2D eigenvalue weighted by atomic mass is 32.2. The molecule has 0 aliphatic heterocycles. The van der Waals surface area contributed by atoms with Crippen LogP contribution in [0.1, 0.15) is 30.6 Å². The van der Waals surface area contributed by atoms with Crippen LogP contribution in [-0.2, 0) is 14.8 Å². The Balaban J connectivity index is 3.07. The van der Waals surface area contributed by atoms with Crippen LogP contribution in [0.5, 0.6) is 0 Å². The Morgan fingerprint density at radius 3 is 2.43 bits per heavy atom. The number of benzene rings is 1. The highest BCUT2D eigenvalue weighted by molar-refractivity contribution is 7.89. The van der Waals surface area contributed by atoms with Gasteiger partial charge < -0.3 is 10.8 Å². The van der Waals surface area contributed by atoms with Gasteiger partial charge in [-0.3, -0.25) is 9.59 Å². The second-order valence-electron chi connectivity index (χ2n) is 5.03. The molecule has 0 radical (unpaired) electrons. The third kappa shape index (κ3) is 4.83. The van der Waals surface area contributed by atoms with Crippen LogP contribution >= 0.6 is 0 Å². The molecule has 0 spiro atoms. The molecule has 0 aromatic heterocycles. The minimum atomic E-state index is -4.04. The number of hydrogen-bond acceptors (Lipinski definition) is 4. The number of carbonyl (C=O) groups is 2. The van der Waals surface area contributed by atoms with Gasteiger partial charge in [0.2, 0.25) is 15.9 Å². The molecular weight excluding hydrogens is 296 g/mol. The summed E-state index contributed by atoms with van der Waals surface area (Å²) >= 11 is 0. The number of carboxylic acids is 1. The van der Waals surface area contributed by atoms with Crippen LogP contribution in [0.4, 0.5) is 0 Å². The molecule has 0 fully saturated rings. The lowest BCUT2D eigenvalue weighted by molar-refractivity contribution is -0.139. The Morgan fingerprint density at radius 2 is 1.95 bits per heavy atom. The minimum absolute atomic E-state index is 0.00533. The summed E-state index contributed by atoms with van der Waals surface area (Å²) in [5, 5.41) is 9.07. The van der Waals surface area contributed by atoms with E-state index in [1.807, 2.05) is 0 Å². The maximum absolute atomic E-state index is 12.2. The molecule has 0 saturated heterocycles. The number of nitrogens with one attached hydrogen (secondary N) is 1. The van der Waals surface area contributed by atoms with Gasteiger partial charge in [-0.15, -0.1) is 0 Å². The van der Waals surface area contributed by atoms with E-state index in [0.29, 0.717) is 0 Å². The molecule has 1 amide bonds. The van der Waals surface area contributed by atoms with Crippen molar-refractivity contribution in [3.8, 4) is 0 Å². The predicted molar refractivity (Wildman–Crippen MR) is 76.2 cm³/mol. The average Bonchev–Trinajstić information content (AvgIpc) is 2.37. The molecule has 21 heavy (non-hydrogen) atoms. The van der Waals surface area contributed by atoms with Crippen LogP contribution in [0.2, 0.25) is 0 Å². The number of sulfonamides is 1. The van der Waals surface area contributed by atoms with Crippen LogP contribution in [0.3, 0.4) is 0 Å². The van der Waals surface area contributed by atoms with E-state index in [1.54, 1.807) is 13.8 Å². The summed E-state index contributed by atoms with van der Waals surface area (Å²) in [5.74, 6) is -2.01. The second kappa shape index (κ2) is 6.68. The minimum Gasteiger partial charge on any atom is -0.480 e. The number of amides is 1. The predicted octanol–water partition coefficient (Wildman–Crippen LogP) is 0.563. The maximum atomic E-state index is 12.2. The summed E-state index contributed by atoms with van der Waals surface area (Å²) in [4.78, 5) is 22.0. The molecule has 1 atom stereocenters. The maximum Gasteiger partial charge on any atom is 0.321 e. The molecule has 1 rings (SSSR count). The Kier molecular flexibility index (Phi) is 5.45. The van der Waals surface area contributed by atoms with Crippen molar-refractivity contribution in [1.82, 2.24) is 4.72 Å². The molecule has 0 heterocycles. The number of carbonyl (C=O) groups excluding carboxylic acids is 1. The summed E-state index contributed by atoms with van der Waals surface area (Å²) < 4.78 is 26.5. The summed E-state index contributed by atoms with van der Waals surface area (Å²) in [5.41, 5.74) is 5.13. The zero-order valence-electron chi connectivity index (χ0n) is 11.7. The van der Waals surface area contributed by atoms with Crippen molar-refractivity contribution in [1.29, 1.82) is 0 Å². The SMILES string of the molecule is CC(C)C[C@@H](NS(=O)(=O)c1cccc(C(N)=O)c1)C(=O)O. The first-order valence-electron chi connectivity index (χ1n) is 6.28.